The first-order valence-corrected chi connectivity index (χ1v) is 10.7. The van der Waals surface area contributed by atoms with E-state index in [9.17, 15) is 18.0 Å². The molecule has 0 spiro atoms. The van der Waals surface area contributed by atoms with Gasteiger partial charge in [0.25, 0.3) is 5.91 Å². The number of aromatic nitrogens is 3. The third kappa shape index (κ3) is 4.41. The number of amides is 1. The summed E-state index contributed by atoms with van der Waals surface area (Å²) in [6, 6.07) is 2.55. The van der Waals surface area contributed by atoms with Gasteiger partial charge in [0.1, 0.15) is 5.69 Å². The summed E-state index contributed by atoms with van der Waals surface area (Å²) in [5.41, 5.74) is -0.225. The van der Waals surface area contributed by atoms with Crippen molar-refractivity contribution in [1.82, 2.24) is 19.5 Å². The van der Waals surface area contributed by atoms with Crippen LogP contribution in [0.25, 0.3) is 5.65 Å². The van der Waals surface area contributed by atoms with Gasteiger partial charge in [0.05, 0.1) is 0 Å². The molecule has 0 aromatic carbocycles. The molecule has 0 bridgehead atoms. The van der Waals surface area contributed by atoms with E-state index in [0.717, 1.165) is 74.8 Å². The Morgan fingerprint density at radius 3 is 2.17 bits per heavy atom. The molecule has 0 radical (unpaired) electrons. The molecule has 4 rings (SSSR count). The van der Waals surface area contributed by atoms with E-state index in [0.29, 0.717) is 18.8 Å². The highest BCUT2D eigenvalue weighted by molar-refractivity contribution is 5.93. The van der Waals surface area contributed by atoms with Crippen molar-refractivity contribution in [3.05, 3.63) is 29.2 Å². The molecule has 1 aliphatic carbocycles. The van der Waals surface area contributed by atoms with Crippen LogP contribution in [0.15, 0.2) is 12.1 Å². The van der Waals surface area contributed by atoms with E-state index in [1.807, 2.05) is 0 Å². The van der Waals surface area contributed by atoms with Crippen molar-refractivity contribution in [3.8, 4) is 0 Å². The number of likely N-dealkylation sites (tertiary alicyclic amines) is 1. The van der Waals surface area contributed by atoms with Crippen molar-refractivity contribution in [2.75, 3.05) is 13.1 Å². The topological polar surface area (TPSA) is 50.5 Å². The van der Waals surface area contributed by atoms with Gasteiger partial charge >= 0.3 is 6.18 Å². The van der Waals surface area contributed by atoms with Crippen LogP contribution >= 0.6 is 0 Å². The van der Waals surface area contributed by atoms with E-state index in [-0.39, 0.29) is 23.2 Å². The Hall–Kier alpha value is -2.12. The van der Waals surface area contributed by atoms with E-state index in [4.69, 9.17) is 0 Å². The molecule has 2 fully saturated rings. The second-order valence-electron chi connectivity index (χ2n) is 8.26. The molecule has 5 nitrogen and oxygen atoms in total. The summed E-state index contributed by atoms with van der Waals surface area (Å²) in [6.45, 7) is 1.25. The SMILES string of the molecule is O=C(c1cc2nc(C3CCCCCC3)cc(C(F)(F)F)n2n1)N1CCCCCC1. The molecule has 1 aliphatic heterocycles. The number of carbonyl (C=O) groups is 1. The molecule has 3 heterocycles. The molecule has 0 unspecified atom stereocenters. The third-order valence-corrected chi connectivity index (χ3v) is 6.12. The van der Waals surface area contributed by atoms with E-state index in [1.165, 1.54) is 6.07 Å². The van der Waals surface area contributed by atoms with E-state index < -0.39 is 11.9 Å². The number of carbonyl (C=O) groups excluding carboxylic acids is 1. The van der Waals surface area contributed by atoms with Gasteiger partial charge < -0.3 is 4.90 Å². The molecule has 2 aliphatic rings. The van der Waals surface area contributed by atoms with E-state index >= 15 is 0 Å². The maximum absolute atomic E-state index is 13.8. The van der Waals surface area contributed by atoms with Crippen LogP contribution in [0.1, 0.15) is 92.0 Å². The fraction of sp³-hybridized carbons (Fsp3) is 0.667. The predicted molar refractivity (Wildman–Crippen MR) is 103 cm³/mol. The first kappa shape index (κ1) is 20.2. The number of halogens is 3. The number of rotatable bonds is 2. The van der Waals surface area contributed by atoms with Gasteiger partial charge in [-0.2, -0.15) is 18.3 Å². The van der Waals surface area contributed by atoms with Crippen molar-refractivity contribution in [2.45, 2.75) is 76.3 Å². The minimum absolute atomic E-state index is 0.0308. The maximum atomic E-state index is 13.8. The number of nitrogens with zero attached hydrogens (tertiary/aromatic N) is 4. The molecule has 8 heteroatoms. The summed E-state index contributed by atoms with van der Waals surface area (Å²) < 4.78 is 42.1. The van der Waals surface area contributed by atoms with Gasteiger partial charge in [0, 0.05) is 30.8 Å². The van der Waals surface area contributed by atoms with Gasteiger partial charge in [-0.25, -0.2) is 9.50 Å². The fourth-order valence-electron chi connectivity index (χ4n) is 4.52. The minimum Gasteiger partial charge on any atom is -0.337 e. The van der Waals surface area contributed by atoms with Gasteiger partial charge in [0.2, 0.25) is 0 Å². The Labute approximate surface area is 168 Å². The number of alkyl halides is 3. The summed E-state index contributed by atoms with van der Waals surface area (Å²) >= 11 is 0. The van der Waals surface area contributed by atoms with Crippen LogP contribution in [0.3, 0.4) is 0 Å². The summed E-state index contributed by atoms with van der Waals surface area (Å²) in [5.74, 6) is -0.273. The van der Waals surface area contributed by atoms with Crippen LogP contribution in [0.2, 0.25) is 0 Å². The number of hydrogen-bond donors (Lipinski definition) is 0. The Morgan fingerprint density at radius 2 is 1.55 bits per heavy atom. The molecule has 1 saturated heterocycles. The van der Waals surface area contributed by atoms with Crippen molar-refractivity contribution in [3.63, 3.8) is 0 Å². The second kappa shape index (κ2) is 8.32. The standard InChI is InChI=1S/C21H27F3N4O/c22-21(23,24)18-13-16(15-9-5-1-2-6-10-15)25-19-14-17(26-28(18)19)20(29)27-11-7-3-4-8-12-27/h13-15H,1-12H2. The van der Waals surface area contributed by atoms with Crippen molar-refractivity contribution in [1.29, 1.82) is 0 Å². The van der Waals surface area contributed by atoms with Crippen molar-refractivity contribution in [2.24, 2.45) is 0 Å². The second-order valence-corrected chi connectivity index (χ2v) is 8.26. The first-order chi connectivity index (χ1) is 13.9. The molecule has 0 N–H and O–H groups in total. The first-order valence-electron chi connectivity index (χ1n) is 10.7. The molecule has 2 aromatic rings. The van der Waals surface area contributed by atoms with Gasteiger partial charge in [-0.3, -0.25) is 4.79 Å². The van der Waals surface area contributed by atoms with Crippen LogP contribution in [0.4, 0.5) is 13.2 Å². The van der Waals surface area contributed by atoms with E-state index in [1.54, 1.807) is 4.90 Å². The van der Waals surface area contributed by atoms with Crippen LogP contribution < -0.4 is 0 Å². The number of fused-ring (bicyclic) bond motifs is 1. The highest BCUT2D eigenvalue weighted by Gasteiger charge is 2.36. The van der Waals surface area contributed by atoms with E-state index in [2.05, 4.69) is 10.1 Å². The largest absolute Gasteiger partial charge is 0.433 e. The zero-order valence-electron chi connectivity index (χ0n) is 16.5. The lowest BCUT2D eigenvalue weighted by atomic mass is 9.96. The lowest BCUT2D eigenvalue weighted by Gasteiger charge is -2.18. The van der Waals surface area contributed by atoms with Crippen molar-refractivity contribution < 1.29 is 18.0 Å². The van der Waals surface area contributed by atoms with Crippen LogP contribution in [-0.2, 0) is 6.18 Å². The van der Waals surface area contributed by atoms with Crippen LogP contribution in [0.5, 0.6) is 0 Å². The molecule has 1 amide bonds. The molecule has 29 heavy (non-hydrogen) atoms. The van der Waals surface area contributed by atoms with Crippen molar-refractivity contribution >= 4 is 11.6 Å². The molecular formula is C21H27F3N4O. The summed E-state index contributed by atoms with van der Waals surface area (Å²) in [6.07, 6.45) is 5.37. The highest BCUT2D eigenvalue weighted by Crippen LogP contribution is 2.35. The third-order valence-electron chi connectivity index (χ3n) is 6.12. The maximum Gasteiger partial charge on any atom is 0.433 e. The quantitative estimate of drug-likeness (QED) is 0.642. The normalized spacial score (nSPS) is 19.9. The zero-order valence-corrected chi connectivity index (χ0v) is 16.5. The molecule has 0 atom stereocenters. The van der Waals surface area contributed by atoms with Gasteiger partial charge in [0.15, 0.2) is 11.3 Å². The Morgan fingerprint density at radius 1 is 0.931 bits per heavy atom. The average molecular weight is 408 g/mol. The Balaban J connectivity index is 1.72. The molecule has 2 aromatic heterocycles. The lowest BCUT2D eigenvalue weighted by Crippen LogP contribution is -2.32. The highest BCUT2D eigenvalue weighted by atomic mass is 19.4. The summed E-state index contributed by atoms with van der Waals surface area (Å²) in [5, 5.41) is 4.03. The lowest BCUT2D eigenvalue weighted by molar-refractivity contribution is -0.142. The average Bonchev–Trinajstić information content (AvgIpc) is 2.88. The summed E-state index contributed by atoms with van der Waals surface area (Å²) in [4.78, 5) is 19.1. The minimum atomic E-state index is -4.56. The molecule has 158 valence electrons. The zero-order chi connectivity index (χ0) is 20.4. The smallest absolute Gasteiger partial charge is 0.337 e. The Kier molecular flexibility index (Phi) is 5.79. The number of hydrogen-bond acceptors (Lipinski definition) is 3. The monoisotopic (exact) mass is 408 g/mol. The van der Waals surface area contributed by atoms with Crippen LogP contribution in [-0.4, -0.2) is 38.5 Å². The molecular weight excluding hydrogens is 381 g/mol. The van der Waals surface area contributed by atoms with Gasteiger partial charge in [-0.05, 0) is 31.7 Å². The predicted octanol–water partition coefficient (Wildman–Crippen LogP) is 5.20. The van der Waals surface area contributed by atoms with Gasteiger partial charge in [-0.15, -0.1) is 0 Å². The molecule has 1 saturated carbocycles. The van der Waals surface area contributed by atoms with Crippen LogP contribution in [0, 0.1) is 0 Å². The van der Waals surface area contributed by atoms with Gasteiger partial charge in [-0.1, -0.05) is 38.5 Å². The summed E-state index contributed by atoms with van der Waals surface area (Å²) in [7, 11) is 0. The fourth-order valence-corrected chi connectivity index (χ4v) is 4.52. The Bertz CT molecular complexity index is 861.